The number of amides is 2. The van der Waals surface area contributed by atoms with Crippen molar-refractivity contribution in [3.8, 4) is 5.75 Å². The fraction of sp³-hybridized carbons (Fsp3) is 0.455. The van der Waals surface area contributed by atoms with Crippen LogP contribution in [0.3, 0.4) is 0 Å². The second kappa shape index (κ2) is 6.12. The van der Waals surface area contributed by atoms with Crippen LogP contribution in [0.2, 0.25) is 0 Å². The Morgan fingerprint density at radius 3 is 2.25 bits per heavy atom. The topological polar surface area (TPSA) is 80.8 Å². The first-order valence-corrected chi connectivity index (χ1v) is 9.81. The Morgan fingerprint density at radius 2 is 1.64 bits per heavy atom. The van der Waals surface area contributed by atoms with Crippen molar-refractivity contribution in [3.63, 3.8) is 0 Å². The minimum absolute atomic E-state index is 0.0283. The Hall–Kier alpha value is -2.76. The van der Waals surface area contributed by atoms with Gasteiger partial charge in [0.05, 0.1) is 23.8 Å². The lowest BCUT2D eigenvalue weighted by molar-refractivity contribution is -0.141. The molecule has 4 aliphatic carbocycles. The molecular formula is C22H21NO5. The van der Waals surface area contributed by atoms with E-state index in [0.29, 0.717) is 17.4 Å². The van der Waals surface area contributed by atoms with E-state index in [0.717, 1.165) is 6.42 Å². The van der Waals surface area contributed by atoms with Crippen molar-refractivity contribution in [3.05, 3.63) is 42.0 Å². The molecule has 1 aromatic carbocycles. The molecule has 144 valence electrons. The van der Waals surface area contributed by atoms with E-state index in [-0.39, 0.29) is 60.0 Å². The fourth-order valence-corrected chi connectivity index (χ4v) is 5.46. The summed E-state index contributed by atoms with van der Waals surface area (Å²) < 4.78 is 5.31. The van der Waals surface area contributed by atoms with Crippen LogP contribution in [0, 0.1) is 35.5 Å². The highest BCUT2D eigenvalue weighted by Gasteiger charge is 2.66. The number of Topliss-reactive ketones (excluding diaryl/α,β-unsaturated/α-hetero) is 1. The number of rotatable bonds is 5. The summed E-state index contributed by atoms with van der Waals surface area (Å²) in [4.78, 5) is 51.0. The summed E-state index contributed by atoms with van der Waals surface area (Å²) in [7, 11) is 0. The Morgan fingerprint density at radius 1 is 1.04 bits per heavy atom. The number of para-hydroxylation sites is 1. The Kier molecular flexibility index (Phi) is 3.79. The van der Waals surface area contributed by atoms with Crippen LogP contribution in [0.1, 0.15) is 30.1 Å². The van der Waals surface area contributed by atoms with E-state index in [4.69, 9.17) is 4.74 Å². The SMILES string of the molecule is CC(=O)c1ccccc1OC(=O)CCN1C(=O)[C@@H]2[C@@H]3C=C[C@H]([C@@H]4C[C@H]34)[C@H]2C1=O. The molecule has 3 fully saturated rings. The van der Waals surface area contributed by atoms with Crippen LogP contribution >= 0.6 is 0 Å². The monoisotopic (exact) mass is 379 g/mol. The minimum atomic E-state index is -0.562. The van der Waals surface area contributed by atoms with E-state index in [2.05, 4.69) is 12.2 Å². The number of allylic oxidation sites excluding steroid dienone is 2. The summed E-state index contributed by atoms with van der Waals surface area (Å²) in [5.74, 6) is 0.130. The molecule has 1 heterocycles. The highest BCUT2D eigenvalue weighted by Crippen LogP contribution is 2.65. The molecule has 1 saturated heterocycles. The third-order valence-corrected chi connectivity index (χ3v) is 6.78. The molecule has 28 heavy (non-hydrogen) atoms. The standard InChI is InChI=1S/C22H21NO5/c1-11(24)12-4-2-3-5-17(12)28-18(25)8-9-23-21(26)19-13-6-7-14(16-10-15(13)16)20(19)22(23)27/h2-7,13-16,19-20H,8-10H2,1H3/t13-,14-,15-,16+,19-,20-/m1/s1. The van der Waals surface area contributed by atoms with Crippen LogP contribution in [0.25, 0.3) is 0 Å². The molecule has 0 N–H and O–H groups in total. The summed E-state index contributed by atoms with van der Waals surface area (Å²) in [6.45, 7) is 1.43. The summed E-state index contributed by atoms with van der Waals surface area (Å²) >= 11 is 0. The van der Waals surface area contributed by atoms with Crippen molar-refractivity contribution in [2.45, 2.75) is 19.8 Å². The van der Waals surface area contributed by atoms with Crippen molar-refractivity contribution in [2.75, 3.05) is 6.54 Å². The van der Waals surface area contributed by atoms with E-state index in [1.165, 1.54) is 11.8 Å². The van der Waals surface area contributed by atoms with Gasteiger partial charge >= 0.3 is 5.97 Å². The molecule has 1 aliphatic heterocycles. The Balaban J connectivity index is 1.26. The number of hydrogen-bond donors (Lipinski definition) is 0. The Bertz CT molecular complexity index is 899. The third-order valence-electron chi connectivity index (χ3n) is 6.78. The minimum Gasteiger partial charge on any atom is -0.426 e. The number of imide groups is 1. The van der Waals surface area contributed by atoms with Gasteiger partial charge in [-0.2, -0.15) is 0 Å². The smallest absolute Gasteiger partial charge is 0.313 e. The van der Waals surface area contributed by atoms with Gasteiger partial charge in [-0.15, -0.1) is 0 Å². The molecule has 2 saturated carbocycles. The maximum absolute atomic E-state index is 12.9. The van der Waals surface area contributed by atoms with Gasteiger partial charge < -0.3 is 4.74 Å². The Labute approximate surface area is 162 Å². The van der Waals surface area contributed by atoms with Gasteiger partial charge in [0.25, 0.3) is 0 Å². The number of nitrogens with zero attached hydrogens (tertiary/aromatic N) is 1. The molecule has 6 heteroatoms. The van der Waals surface area contributed by atoms with Gasteiger partial charge in [-0.3, -0.25) is 24.1 Å². The second-order valence-corrected chi connectivity index (χ2v) is 8.26. The van der Waals surface area contributed by atoms with Gasteiger partial charge in [-0.1, -0.05) is 24.3 Å². The van der Waals surface area contributed by atoms with E-state index in [9.17, 15) is 19.2 Å². The van der Waals surface area contributed by atoms with E-state index in [1.807, 2.05) is 0 Å². The van der Waals surface area contributed by atoms with Gasteiger partial charge in [0, 0.05) is 6.54 Å². The zero-order valence-electron chi connectivity index (χ0n) is 15.5. The van der Waals surface area contributed by atoms with Gasteiger partial charge in [-0.05, 0) is 49.1 Å². The van der Waals surface area contributed by atoms with E-state index in [1.54, 1.807) is 24.3 Å². The molecule has 0 aromatic heterocycles. The molecule has 2 bridgehead atoms. The molecule has 0 radical (unpaired) electrons. The number of likely N-dealkylation sites (tertiary alicyclic amines) is 1. The zero-order chi connectivity index (χ0) is 19.6. The number of carbonyl (C=O) groups is 4. The van der Waals surface area contributed by atoms with Crippen LogP contribution in [-0.4, -0.2) is 35.0 Å². The molecule has 6 rings (SSSR count). The maximum Gasteiger partial charge on any atom is 0.313 e. The lowest BCUT2D eigenvalue weighted by atomic mass is 9.63. The van der Waals surface area contributed by atoms with Crippen molar-refractivity contribution in [1.82, 2.24) is 4.90 Å². The van der Waals surface area contributed by atoms with E-state index < -0.39 is 5.97 Å². The molecular weight excluding hydrogens is 358 g/mol. The number of carbonyl (C=O) groups excluding carboxylic acids is 4. The van der Waals surface area contributed by atoms with Crippen LogP contribution in [-0.2, 0) is 14.4 Å². The fourth-order valence-electron chi connectivity index (χ4n) is 5.46. The van der Waals surface area contributed by atoms with Gasteiger partial charge in [0.1, 0.15) is 5.75 Å². The average Bonchev–Trinajstić information content (AvgIpc) is 3.46. The number of hydrogen-bond acceptors (Lipinski definition) is 5. The lowest BCUT2D eigenvalue weighted by Crippen LogP contribution is -2.40. The van der Waals surface area contributed by atoms with Crippen molar-refractivity contribution < 1.29 is 23.9 Å². The predicted octanol–water partition coefficient (Wildman–Crippen LogP) is 2.24. The quantitative estimate of drug-likeness (QED) is 0.258. The zero-order valence-corrected chi connectivity index (χ0v) is 15.5. The normalized spacial score (nSPS) is 34.2. The van der Waals surface area contributed by atoms with Gasteiger partial charge in [-0.25, -0.2) is 0 Å². The predicted molar refractivity (Wildman–Crippen MR) is 98.1 cm³/mol. The highest BCUT2D eigenvalue weighted by atomic mass is 16.5. The maximum atomic E-state index is 12.9. The lowest BCUT2D eigenvalue weighted by Gasteiger charge is -2.37. The molecule has 1 aromatic rings. The molecule has 2 amide bonds. The summed E-state index contributed by atoms with van der Waals surface area (Å²) in [5, 5.41) is 0. The van der Waals surface area contributed by atoms with Crippen LogP contribution in [0.4, 0.5) is 0 Å². The summed E-state index contributed by atoms with van der Waals surface area (Å²) in [6, 6.07) is 6.54. The first-order chi connectivity index (χ1) is 13.5. The van der Waals surface area contributed by atoms with Crippen LogP contribution in [0.5, 0.6) is 5.75 Å². The van der Waals surface area contributed by atoms with Crippen molar-refractivity contribution >= 4 is 23.6 Å². The second-order valence-electron chi connectivity index (χ2n) is 8.26. The molecule has 6 nitrogen and oxygen atoms in total. The average molecular weight is 379 g/mol. The third kappa shape index (κ3) is 2.47. The largest absolute Gasteiger partial charge is 0.426 e. The first kappa shape index (κ1) is 17.3. The summed E-state index contributed by atoms with van der Waals surface area (Å²) in [5.41, 5.74) is 0.331. The van der Waals surface area contributed by atoms with Crippen LogP contribution in [0.15, 0.2) is 36.4 Å². The number of ether oxygens (including phenoxy) is 1. The van der Waals surface area contributed by atoms with E-state index >= 15 is 0 Å². The highest BCUT2D eigenvalue weighted by molar-refractivity contribution is 6.06. The molecule has 0 spiro atoms. The van der Waals surface area contributed by atoms with Crippen LogP contribution < -0.4 is 4.74 Å². The number of esters is 1. The van der Waals surface area contributed by atoms with Crippen molar-refractivity contribution in [1.29, 1.82) is 0 Å². The van der Waals surface area contributed by atoms with Gasteiger partial charge in [0.15, 0.2) is 5.78 Å². The summed E-state index contributed by atoms with van der Waals surface area (Å²) in [6.07, 6.45) is 5.29. The number of benzene rings is 1. The molecule has 0 unspecified atom stereocenters. The van der Waals surface area contributed by atoms with Crippen molar-refractivity contribution in [2.24, 2.45) is 35.5 Å². The van der Waals surface area contributed by atoms with Gasteiger partial charge in [0.2, 0.25) is 11.8 Å². The first-order valence-electron chi connectivity index (χ1n) is 9.81. The molecule has 5 aliphatic rings. The number of ketones is 1. The molecule has 6 atom stereocenters.